The van der Waals surface area contributed by atoms with Gasteiger partial charge in [-0.05, 0) is 63.6 Å². The van der Waals surface area contributed by atoms with Crippen LogP contribution in [0.5, 0.6) is 0 Å². The van der Waals surface area contributed by atoms with Crippen molar-refractivity contribution in [3.8, 4) is 11.3 Å². The molecule has 1 saturated heterocycles. The smallest absolute Gasteiger partial charge is 0.223 e. The molecule has 0 spiro atoms. The maximum Gasteiger partial charge on any atom is 0.223 e. The van der Waals surface area contributed by atoms with Gasteiger partial charge >= 0.3 is 0 Å². The average molecular weight is 525 g/mol. The van der Waals surface area contributed by atoms with Crippen molar-refractivity contribution in [1.29, 1.82) is 0 Å². The first-order valence-electron chi connectivity index (χ1n) is 13.2. The summed E-state index contributed by atoms with van der Waals surface area (Å²) >= 11 is 0. The van der Waals surface area contributed by atoms with Crippen molar-refractivity contribution >= 4 is 38.3 Å². The fourth-order valence-electron chi connectivity index (χ4n) is 5.74. The summed E-state index contributed by atoms with van der Waals surface area (Å²) in [5, 5.41) is 7.25. The highest BCUT2D eigenvalue weighted by molar-refractivity contribution is 7.91. The maximum absolute atomic E-state index is 12.2. The standard InChI is InChI=1S/C27H36N6O3S/c1-3-28-26(34)18-7-9-19(10-8-18)31-27-29-14-11-22(32-27)21-17-30-23-5-4-6-24(25(21)23)33-15-12-20(13-16-33)37(2,35)36/h4-6,11,14,17-20,30H,3,7-10,12-13,15-16H2,1-2H3,(H,28,34)(H,29,31,32). The third-order valence-corrected chi connectivity index (χ3v) is 9.47. The van der Waals surface area contributed by atoms with Crippen LogP contribution in [0.3, 0.4) is 0 Å². The van der Waals surface area contributed by atoms with Crippen molar-refractivity contribution < 1.29 is 13.2 Å². The number of hydrogen-bond acceptors (Lipinski definition) is 7. The maximum atomic E-state index is 12.2. The Morgan fingerprint density at radius 3 is 2.57 bits per heavy atom. The van der Waals surface area contributed by atoms with E-state index >= 15 is 0 Å². The first kappa shape index (κ1) is 25.5. The number of rotatable bonds is 7. The minimum Gasteiger partial charge on any atom is -0.371 e. The van der Waals surface area contributed by atoms with Crippen molar-refractivity contribution in [2.75, 3.05) is 36.1 Å². The minimum atomic E-state index is -3.02. The van der Waals surface area contributed by atoms with Gasteiger partial charge in [-0.15, -0.1) is 0 Å². The van der Waals surface area contributed by atoms with Gasteiger partial charge in [-0.3, -0.25) is 4.79 Å². The normalized spacial score (nSPS) is 21.2. The molecule has 0 bridgehead atoms. The Kier molecular flexibility index (Phi) is 7.37. The molecule has 10 heteroatoms. The van der Waals surface area contributed by atoms with Gasteiger partial charge in [0.25, 0.3) is 0 Å². The van der Waals surface area contributed by atoms with Crippen LogP contribution in [0.4, 0.5) is 11.6 Å². The summed E-state index contributed by atoms with van der Waals surface area (Å²) in [6, 6.07) is 8.36. The molecule has 2 aliphatic rings. The molecule has 3 aromatic rings. The van der Waals surface area contributed by atoms with Gasteiger partial charge in [0.1, 0.15) is 9.84 Å². The Morgan fingerprint density at radius 2 is 1.86 bits per heavy atom. The quantitative estimate of drug-likeness (QED) is 0.431. The van der Waals surface area contributed by atoms with Gasteiger partial charge in [-0.25, -0.2) is 18.4 Å². The Bertz CT molecular complexity index is 1360. The Hall–Kier alpha value is -3.14. The number of aromatic nitrogens is 3. The van der Waals surface area contributed by atoms with E-state index in [0.717, 1.165) is 53.5 Å². The van der Waals surface area contributed by atoms with E-state index in [1.165, 1.54) is 6.26 Å². The number of carbonyl (C=O) groups is 1. The largest absolute Gasteiger partial charge is 0.371 e. The summed E-state index contributed by atoms with van der Waals surface area (Å²) in [5.74, 6) is 0.854. The molecular weight excluding hydrogens is 488 g/mol. The van der Waals surface area contributed by atoms with Crippen molar-refractivity contribution in [3.05, 3.63) is 36.7 Å². The molecule has 2 aromatic heterocycles. The molecule has 1 aliphatic carbocycles. The lowest BCUT2D eigenvalue weighted by Crippen LogP contribution is -2.39. The molecule has 5 rings (SSSR count). The van der Waals surface area contributed by atoms with Crippen LogP contribution >= 0.6 is 0 Å². The van der Waals surface area contributed by atoms with Crippen molar-refractivity contribution in [2.45, 2.75) is 56.7 Å². The van der Waals surface area contributed by atoms with E-state index in [2.05, 4.69) is 37.6 Å². The molecule has 0 unspecified atom stereocenters. The first-order chi connectivity index (χ1) is 17.8. The molecule has 37 heavy (non-hydrogen) atoms. The molecule has 3 heterocycles. The van der Waals surface area contributed by atoms with Crippen LogP contribution in [0.15, 0.2) is 36.7 Å². The fraction of sp³-hybridized carbons (Fsp3) is 0.519. The molecule has 1 amide bonds. The van der Waals surface area contributed by atoms with E-state index in [-0.39, 0.29) is 23.1 Å². The number of H-pyrrole nitrogens is 1. The van der Waals surface area contributed by atoms with Crippen LogP contribution in [0.1, 0.15) is 45.4 Å². The number of aromatic amines is 1. The molecule has 2 fully saturated rings. The number of amides is 1. The van der Waals surface area contributed by atoms with Gasteiger partial charge in [-0.1, -0.05) is 6.07 Å². The predicted molar refractivity (Wildman–Crippen MR) is 147 cm³/mol. The number of anilines is 2. The van der Waals surface area contributed by atoms with E-state index in [4.69, 9.17) is 4.98 Å². The van der Waals surface area contributed by atoms with Gasteiger partial charge < -0.3 is 20.5 Å². The molecule has 3 N–H and O–H groups in total. The van der Waals surface area contributed by atoms with E-state index in [1.807, 2.05) is 25.3 Å². The number of sulfone groups is 1. The number of nitrogens with zero attached hydrogens (tertiary/aromatic N) is 3. The third kappa shape index (κ3) is 5.58. The van der Waals surface area contributed by atoms with Crippen molar-refractivity contribution in [2.24, 2.45) is 5.92 Å². The molecule has 0 atom stereocenters. The Labute approximate surface area is 218 Å². The summed E-state index contributed by atoms with van der Waals surface area (Å²) in [5.41, 5.74) is 3.95. The lowest BCUT2D eigenvalue weighted by Gasteiger charge is -2.33. The highest BCUT2D eigenvalue weighted by Crippen LogP contribution is 2.37. The Morgan fingerprint density at radius 1 is 1.11 bits per heavy atom. The summed E-state index contributed by atoms with van der Waals surface area (Å²) in [4.78, 5) is 27.2. The molecule has 1 saturated carbocycles. The van der Waals surface area contributed by atoms with Gasteiger partial charge in [-0.2, -0.15) is 0 Å². The number of carbonyl (C=O) groups excluding carboxylic acids is 1. The molecule has 1 aromatic carbocycles. The lowest BCUT2D eigenvalue weighted by molar-refractivity contribution is -0.125. The van der Waals surface area contributed by atoms with Gasteiger partial charge in [0.2, 0.25) is 11.9 Å². The number of nitrogens with one attached hydrogen (secondary N) is 3. The number of fused-ring (bicyclic) bond motifs is 1. The summed E-state index contributed by atoms with van der Waals surface area (Å²) in [6.07, 6.45) is 9.94. The zero-order chi connectivity index (χ0) is 26.0. The predicted octanol–water partition coefficient (Wildman–Crippen LogP) is 3.75. The van der Waals surface area contributed by atoms with Crippen LogP contribution in [0.25, 0.3) is 22.2 Å². The monoisotopic (exact) mass is 524 g/mol. The summed E-state index contributed by atoms with van der Waals surface area (Å²) in [7, 11) is -3.02. The van der Waals surface area contributed by atoms with Gasteiger partial charge in [0.05, 0.1) is 10.9 Å². The third-order valence-electron chi connectivity index (χ3n) is 7.79. The second-order valence-corrected chi connectivity index (χ2v) is 12.6. The second kappa shape index (κ2) is 10.7. The minimum absolute atomic E-state index is 0.0948. The second-order valence-electron chi connectivity index (χ2n) is 10.3. The van der Waals surface area contributed by atoms with E-state index in [9.17, 15) is 13.2 Å². The van der Waals surface area contributed by atoms with Crippen LogP contribution in [-0.2, 0) is 14.6 Å². The SMILES string of the molecule is CCNC(=O)C1CCC(Nc2nccc(-c3c[nH]c4cccc(N5CCC(S(C)(=O)=O)CC5)c34)n2)CC1. The van der Waals surface area contributed by atoms with E-state index in [1.54, 1.807) is 6.20 Å². The number of benzene rings is 1. The molecule has 1 aliphatic heterocycles. The van der Waals surface area contributed by atoms with Crippen LogP contribution < -0.4 is 15.5 Å². The van der Waals surface area contributed by atoms with Crippen molar-refractivity contribution in [3.63, 3.8) is 0 Å². The van der Waals surface area contributed by atoms with Crippen LogP contribution in [-0.4, -0.2) is 66.5 Å². The first-order valence-corrected chi connectivity index (χ1v) is 15.2. The highest BCUT2D eigenvalue weighted by Gasteiger charge is 2.29. The highest BCUT2D eigenvalue weighted by atomic mass is 32.2. The van der Waals surface area contributed by atoms with E-state index in [0.29, 0.717) is 38.4 Å². The van der Waals surface area contributed by atoms with Crippen LogP contribution in [0, 0.1) is 5.92 Å². The average Bonchev–Trinajstić information content (AvgIpc) is 3.34. The molecule has 198 valence electrons. The van der Waals surface area contributed by atoms with Gasteiger partial charge in [0, 0.05) is 72.4 Å². The number of piperidine rings is 1. The van der Waals surface area contributed by atoms with Gasteiger partial charge in [0.15, 0.2) is 0 Å². The Balaban J connectivity index is 1.33. The van der Waals surface area contributed by atoms with E-state index < -0.39 is 9.84 Å². The zero-order valence-corrected chi connectivity index (χ0v) is 22.4. The lowest BCUT2D eigenvalue weighted by atomic mass is 9.85. The van der Waals surface area contributed by atoms with Crippen molar-refractivity contribution in [1.82, 2.24) is 20.3 Å². The zero-order valence-electron chi connectivity index (χ0n) is 21.5. The fourth-order valence-corrected chi connectivity index (χ4v) is 6.80. The summed E-state index contributed by atoms with van der Waals surface area (Å²) in [6.45, 7) is 4.03. The molecule has 0 radical (unpaired) electrons. The van der Waals surface area contributed by atoms with Crippen LogP contribution in [0.2, 0.25) is 0 Å². The molecular formula is C27H36N6O3S. The topological polar surface area (TPSA) is 120 Å². The number of hydrogen-bond donors (Lipinski definition) is 3. The molecule has 9 nitrogen and oxygen atoms in total. The summed E-state index contributed by atoms with van der Waals surface area (Å²) < 4.78 is 24.1.